The summed E-state index contributed by atoms with van der Waals surface area (Å²) in [5.74, 6) is 0.813. The Morgan fingerprint density at radius 2 is 2.27 bits per heavy atom. The van der Waals surface area contributed by atoms with Crippen molar-refractivity contribution in [3.8, 4) is 0 Å². The summed E-state index contributed by atoms with van der Waals surface area (Å²) in [6.45, 7) is 9.19. The summed E-state index contributed by atoms with van der Waals surface area (Å²) < 4.78 is 0. The van der Waals surface area contributed by atoms with E-state index in [9.17, 15) is 0 Å². The van der Waals surface area contributed by atoms with Gasteiger partial charge in [0.1, 0.15) is 5.82 Å². The van der Waals surface area contributed by atoms with Crippen molar-refractivity contribution in [2.75, 3.05) is 6.54 Å². The van der Waals surface area contributed by atoms with Crippen molar-refractivity contribution in [2.24, 2.45) is 0 Å². The van der Waals surface area contributed by atoms with E-state index in [1.54, 1.807) is 6.20 Å². The summed E-state index contributed by atoms with van der Waals surface area (Å²) in [7, 11) is 0. The Kier molecular flexibility index (Phi) is 4.43. The molecule has 82 valence electrons. The van der Waals surface area contributed by atoms with Gasteiger partial charge in [-0.3, -0.25) is 0 Å². The highest BCUT2D eigenvalue weighted by molar-refractivity contribution is 5.48. The molecule has 0 spiro atoms. The molecule has 1 aromatic heterocycles. The Labute approximate surface area is 91.7 Å². The zero-order valence-corrected chi connectivity index (χ0v) is 9.91. The van der Waals surface area contributed by atoms with E-state index in [1.165, 1.54) is 5.57 Å². The molecule has 1 N–H and O–H groups in total. The van der Waals surface area contributed by atoms with Crippen LogP contribution < -0.4 is 5.32 Å². The maximum atomic E-state index is 4.32. The van der Waals surface area contributed by atoms with Gasteiger partial charge in [-0.2, -0.15) is 0 Å². The molecule has 1 rings (SSSR count). The standard InChI is InChI=1S/C12H19N3/c1-9(2)14-8-10(3)7-12-5-6-13-11(4)15-12/h5-7,9,14H,8H2,1-4H3/b10-7+. The van der Waals surface area contributed by atoms with Crippen LogP contribution in [0.5, 0.6) is 0 Å². The third-order valence-electron chi connectivity index (χ3n) is 1.98. The smallest absolute Gasteiger partial charge is 0.125 e. The van der Waals surface area contributed by atoms with Crippen LogP contribution in [-0.4, -0.2) is 22.6 Å². The van der Waals surface area contributed by atoms with Crippen molar-refractivity contribution in [2.45, 2.75) is 33.7 Å². The molecule has 0 aromatic carbocycles. The monoisotopic (exact) mass is 205 g/mol. The number of aromatic nitrogens is 2. The van der Waals surface area contributed by atoms with Crippen molar-refractivity contribution < 1.29 is 0 Å². The van der Waals surface area contributed by atoms with Gasteiger partial charge in [0.2, 0.25) is 0 Å². The fourth-order valence-corrected chi connectivity index (χ4v) is 1.22. The van der Waals surface area contributed by atoms with Gasteiger partial charge >= 0.3 is 0 Å². The molecule has 3 nitrogen and oxygen atoms in total. The van der Waals surface area contributed by atoms with E-state index in [0.29, 0.717) is 6.04 Å². The van der Waals surface area contributed by atoms with E-state index in [-0.39, 0.29) is 0 Å². The fourth-order valence-electron chi connectivity index (χ4n) is 1.22. The number of aryl methyl sites for hydroxylation is 1. The van der Waals surface area contributed by atoms with Crippen LogP contribution in [0.1, 0.15) is 32.3 Å². The Morgan fingerprint density at radius 1 is 1.53 bits per heavy atom. The third-order valence-corrected chi connectivity index (χ3v) is 1.98. The number of nitrogens with zero attached hydrogens (tertiary/aromatic N) is 2. The van der Waals surface area contributed by atoms with Gasteiger partial charge in [0.15, 0.2) is 0 Å². The summed E-state index contributed by atoms with van der Waals surface area (Å²) in [6.07, 6.45) is 3.88. The summed E-state index contributed by atoms with van der Waals surface area (Å²) in [6, 6.07) is 2.44. The predicted octanol–water partition coefficient (Wildman–Crippen LogP) is 2.19. The second-order valence-electron chi connectivity index (χ2n) is 4.06. The van der Waals surface area contributed by atoms with Crippen molar-refractivity contribution in [3.05, 3.63) is 29.4 Å². The largest absolute Gasteiger partial charge is 0.311 e. The van der Waals surface area contributed by atoms with Crippen LogP contribution >= 0.6 is 0 Å². The molecule has 0 aliphatic heterocycles. The van der Waals surface area contributed by atoms with Crippen LogP contribution in [0.2, 0.25) is 0 Å². The van der Waals surface area contributed by atoms with Gasteiger partial charge in [-0.1, -0.05) is 19.4 Å². The molecule has 0 unspecified atom stereocenters. The average molecular weight is 205 g/mol. The van der Waals surface area contributed by atoms with Gasteiger partial charge in [-0.15, -0.1) is 0 Å². The topological polar surface area (TPSA) is 37.8 Å². The van der Waals surface area contributed by atoms with Gasteiger partial charge < -0.3 is 5.32 Å². The summed E-state index contributed by atoms with van der Waals surface area (Å²) in [5.41, 5.74) is 2.26. The third kappa shape index (κ3) is 4.70. The highest BCUT2D eigenvalue weighted by Crippen LogP contribution is 2.02. The van der Waals surface area contributed by atoms with E-state index in [4.69, 9.17) is 0 Å². The van der Waals surface area contributed by atoms with Crippen LogP contribution in [0.4, 0.5) is 0 Å². The lowest BCUT2D eigenvalue weighted by molar-refractivity contribution is 0.622. The fraction of sp³-hybridized carbons (Fsp3) is 0.500. The first-order chi connectivity index (χ1) is 7.08. The van der Waals surface area contributed by atoms with Gasteiger partial charge in [0, 0.05) is 18.8 Å². The molecule has 0 saturated heterocycles. The van der Waals surface area contributed by atoms with Crippen molar-refractivity contribution in [1.82, 2.24) is 15.3 Å². The van der Waals surface area contributed by atoms with Crippen LogP contribution in [0.15, 0.2) is 17.8 Å². The zero-order chi connectivity index (χ0) is 11.3. The van der Waals surface area contributed by atoms with E-state index < -0.39 is 0 Å². The van der Waals surface area contributed by atoms with E-state index in [0.717, 1.165) is 18.1 Å². The summed E-state index contributed by atoms with van der Waals surface area (Å²) in [5, 5.41) is 3.37. The van der Waals surface area contributed by atoms with Gasteiger partial charge in [0.05, 0.1) is 5.69 Å². The first-order valence-corrected chi connectivity index (χ1v) is 5.28. The van der Waals surface area contributed by atoms with E-state index in [1.807, 2.05) is 13.0 Å². The first kappa shape index (κ1) is 11.9. The maximum absolute atomic E-state index is 4.32. The zero-order valence-electron chi connectivity index (χ0n) is 9.91. The van der Waals surface area contributed by atoms with E-state index in [2.05, 4.69) is 42.1 Å². The summed E-state index contributed by atoms with van der Waals surface area (Å²) in [4.78, 5) is 8.39. The second kappa shape index (κ2) is 5.61. The minimum Gasteiger partial charge on any atom is -0.311 e. The van der Waals surface area contributed by atoms with Gasteiger partial charge in [-0.05, 0) is 26.0 Å². The van der Waals surface area contributed by atoms with Crippen molar-refractivity contribution in [3.63, 3.8) is 0 Å². The molecule has 0 aliphatic rings. The Hall–Kier alpha value is -1.22. The number of rotatable bonds is 4. The van der Waals surface area contributed by atoms with Crippen LogP contribution in [-0.2, 0) is 0 Å². The number of hydrogen-bond donors (Lipinski definition) is 1. The SMILES string of the molecule is C/C(=C\c1ccnc(C)n1)CNC(C)C. The maximum Gasteiger partial charge on any atom is 0.125 e. The molecule has 0 atom stereocenters. The quantitative estimate of drug-likeness (QED) is 0.818. The van der Waals surface area contributed by atoms with E-state index >= 15 is 0 Å². The van der Waals surface area contributed by atoms with Crippen LogP contribution in [0.25, 0.3) is 6.08 Å². The van der Waals surface area contributed by atoms with Crippen LogP contribution in [0, 0.1) is 6.92 Å². The molecular weight excluding hydrogens is 186 g/mol. The first-order valence-electron chi connectivity index (χ1n) is 5.28. The molecule has 1 heterocycles. The predicted molar refractivity (Wildman–Crippen MR) is 63.6 cm³/mol. The molecule has 0 amide bonds. The molecule has 0 fully saturated rings. The summed E-state index contributed by atoms with van der Waals surface area (Å²) >= 11 is 0. The number of nitrogens with one attached hydrogen (secondary N) is 1. The van der Waals surface area contributed by atoms with Crippen LogP contribution in [0.3, 0.4) is 0 Å². The Morgan fingerprint density at radius 3 is 2.87 bits per heavy atom. The Balaban J connectivity index is 2.62. The normalized spacial score (nSPS) is 12.2. The lowest BCUT2D eigenvalue weighted by Gasteiger charge is -2.07. The average Bonchev–Trinajstić information content (AvgIpc) is 2.15. The molecule has 3 heteroatoms. The molecule has 1 aromatic rings. The number of hydrogen-bond acceptors (Lipinski definition) is 3. The minimum atomic E-state index is 0.514. The van der Waals surface area contributed by atoms with Gasteiger partial charge in [-0.25, -0.2) is 9.97 Å². The molecule has 0 bridgehead atoms. The highest BCUT2D eigenvalue weighted by Gasteiger charge is 1.95. The van der Waals surface area contributed by atoms with Gasteiger partial charge in [0.25, 0.3) is 0 Å². The molecule has 15 heavy (non-hydrogen) atoms. The lowest BCUT2D eigenvalue weighted by atomic mass is 10.2. The molecular formula is C12H19N3. The van der Waals surface area contributed by atoms with Crippen molar-refractivity contribution >= 4 is 6.08 Å². The minimum absolute atomic E-state index is 0.514. The highest BCUT2D eigenvalue weighted by atomic mass is 14.9. The Bertz CT molecular complexity index is 342. The second-order valence-corrected chi connectivity index (χ2v) is 4.06. The van der Waals surface area contributed by atoms with Crippen molar-refractivity contribution in [1.29, 1.82) is 0 Å². The molecule has 0 aliphatic carbocycles. The molecule has 0 radical (unpaired) electrons. The lowest BCUT2D eigenvalue weighted by Crippen LogP contribution is -2.24. The molecule has 0 saturated carbocycles.